The molecular weight excluding hydrogens is 324 g/mol. The first-order valence-corrected chi connectivity index (χ1v) is 8.49. The second-order valence-electron chi connectivity index (χ2n) is 6.17. The molecule has 0 saturated carbocycles. The van der Waals surface area contributed by atoms with Gasteiger partial charge in [0.1, 0.15) is 11.6 Å². The van der Waals surface area contributed by atoms with Gasteiger partial charge in [-0.1, -0.05) is 11.6 Å². The van der Waals surface area contributed by atoms with Crippen LogP contribution in [0.4, 0.5) is 5.82 Å². The van der Waals surface area contributed by atoms with Crippen molar-refractivity contribution >= 4 is 28.3 Å². The van der Waals surface area contributed by atoms with Crippen molar-refractivity contribution < 1.29 is 4.74 Å². The van der Waals surface area contributed by atoms with E-state index in [9.17, 15) is 0 Å². The Balaban J connectivity index is 1.51. The summed E-state index contributed by atoms with van der Waals surface area (Å²) in [5, 5.41) is 5.24. The minimum Gasteiger partial charge on any atom is -0.381 e. The maximum atomic E-state index is 6.04. The number of hydrogen-bond acceptors (Lipinski definition) is 4. The lowest BCUT2D eigenvalue weighted by molar-refractivity contribution is 0.193. The number of nitrogens with zero attached hydrogens (tertiary/aromatic N) is 2. The average molecular weight is 343 g/mol. The summed E-state index contributed by atoms with van der Waals surface area (Å²) in [6.45, 7) is 4.16. The number of aryl methyl sites for hydroxylation is 1. The predicted octanol–water partition coefficient (Wildman–Crippen LogP) is 4.04. The van der Waals surface area contributed by atoms with Gasteiger partial charge in [-0.15, -0.1) is 0 Å². The number of H-pyrrole nitrogens is 1. The lowest BCUT2D eigenvalue weighted by atomic mass is 10.0. The fraction of sp³-hybridized carbons (Fsp3) is 0.333. The van der Waals surface area contributed by atoms with Crippen molar-refractivity contribution in [1.29, 1.82) is 0 Å². The van der Waals surface area contributed by atoms with Crippen LogP contribution in [0.2, 0.25) is 5.02 Å². The highest BCUT2D eigenvalue weighted by Crippen LogP contribution is 2.25. The van der Waals surface area contributed by atoms with E-state index < -0.39 is 0 Å². The van der Waals surface area contributed by atoms with E-state index >= 15 is 0 Å². The number of aromatic amines is 1. The molecule has 1 aliphatic heterocycles. The Morgan fingerprint density at radius 3 is 3.04 bits per heavy atom. The van der Waals surface area contributed by atoms with Crippen molar-refractivity contribution in [2.75, 3.05) is 18.5 Å². The van der Waals surface area contributed by atoms with Crippen LogP contribution < -0.4 is 5.32 Å². The molecular formula is C18H19ClN4O. The lowest BCUT2D eigenvalue weighted by Crippen LogP contribution is -2.08. The highest BCUT2D eigenvalue weighted by Gasteiger charge is 2.20. The van der Waals surface area contributed by atoms with E-state index in [0.717, 1.165) is 58.6 Å². The van der Waals surface area contributed by atoms with Gasteiger partial charge in [-0.05, 0) is 37.6 Å². The second kappa shape index (κ2) is 6.42. The van der Waals surface area contributed by atoms with Crippen LogP contribution in [-0.4, -0.2) is 28.2 Å². The van der Waals surface area contributed by atoms with Gasteiger partial charge in [0, 0.05) is 40.2 Å². The molecule has 0 unspecified atom stereocenters. The molecule has 6 heteroatoms. The number of nitrogens with one attached hydrogen (secondary N) is 2. The van der Waals surface area contributed by atoms with Crippen LogP contribution in [0.5, 0.6) is 0 Å². The van der Waals surface area contributed by atoms with Gasteiger partial charge < -0.3 is 15.0 Å². The van der Waals surface area contributed by atoms with Crippen molar-refractivity contribution in [3.05, 3.63) is 52.6 Å². The van der Waals surface area contributed by atoms with E-state index in [1.165, 1.54) is 0 Å². The molecule has 0 bridgehead atoms. The molecule has 0 aliphatic carbocycles. The third-order valence-corrected chi connectivity index (χ3v) is 4.54. The summed E-state index contributed by atoms with van der Waals surface area (Å²) in [5.74, 6) is 2.01. The Morgan fingerprint density at radius 1 is 1.29 bits per heavy atom. The van der Waals surface area contributed by atoms with E-state index in [1.807, 2.05) is 31.2 Å². The average Bonchev–Trinajstić information content (AvgIpc) is 3.21. The number of halogens is 1. The molecule has 1 saturated heterocycles. The highest BCUT2D eigenvalue weighted by molar-refractivity contribution is 6.31. The van der Waals surface area contributed by atoms with Gasteiger partial charge >= 0.3 is 0 Å². The van der Waals surface area contributed by atoms with E-state index in [2.05, 4.69) is 26.3 Å². The minimum atomic E-state index is 0.377. The minimum absolute atomic E-state index is 0.377. The standard InChI is InChI=1S/C18H19ClN4O/c1-11-21-17(12-4-5-24-10-12)8-18(22-11)20-9-15-7-13-6-14(19)2-3-16(13)23-15/h2-3,6-8,12,23H,4-5,9-10H2,1H3,(H,20,21,22)/t12-/m1/s1. The van der Waals surface area contributed by atoms with Crippen LogP contribution in [0.25, 0.3) is 10.9 Å². The molecule has 5 nitrogen and oxygen atoms in total. The van der Waals surface area contributed by atoms with E-state index in [4.69, 9.17) is 16.3 Å². The second-order valence-corrected chi connectivity index (χ2v) is 6.60. The maximum absolute atomic E-state index is 6.04. The monoisotopic (exact) mass is 342 g/mol. The topological polar surface area (TPSA) is 62.8 Å². The van der Waals surface area contributed by atoms with Crippen LogP contribution in [0.15, 0.2) is 30.3 Å². The molecule has 3 aromatic rings. The van der Waals surface area contributed by atoms with Crippen molar-refractivity contribution in [3.8, 4) is 0 Å². The van der Waals surface area contributed by atoms with E-state index in [0.29, 0.717) is 12.5 Å². The number of ether oxygens (including phenoxy) is 1. The molecule has 0 radical (unpaired) electrons. The third kappa shape index (κ3) is 3.23. The summed E-state index contributed by atoms with van der Waals surface area (Å²) in [6.07, 6.45) is 1.03. The Labute approximate surface area is 145 Å². The van der Waals surface area contributed by atoms with Crippen LogP contribution in [0.3, 0.4) is 0 Å². The van der Waals surface area contributed by atoms with Gasteiger partial charge in [-0.25, -0.2) is 9.97 Å². The molecule has 2 aromatic heterocycles. The summed E-state index contributed by atoms with van der Waals surface area (Å²) in [6, 6.07) is 9.99. The maximum Gasteiger partial charge on any atom is 0.130 e. The number of fused-ring (bicyclic) bond motifs is 1. The zero-order valence-corrected chi connectivity index (χ0v) is 14.2. The number of hydrogen-bond donors (Lipinski definition) is 2. The zero-order valence-electron chi connectivity index (χ0n) is 13.5. The molecule has 24 heavy (non-hydrogen) atoms. The molecule has 0 spiro atoms. The molecule has 124 valence electrons. The molecule has 1 atom stereocenters. The fourth-order valence-corrected chi connectivity index (χ4v) is 3.28. The Morgan fingerprint density at radius 2 is 2.21 bits per heavy atom. The zero-order chi connectivity index (χ0) is 16.5. The van der Waals surface area contributed by atoms with Gasteiger partial charge in [-0.2, -0.15) is 0 Å². The van der Waals surface area contributed by atoms with Crippen molar-refractivity contribution in [3.63, 3.8) is 0 Å². The van der Waals surface area contributed by atoms with Crippen molar-refractivity contribution in [2.24, 2.45) is 0 Å². The van der Waals surface area contributed by atoms with Crippen LogP contribution in [0.1, 0.15) is 29.6 Å². The normalized spacial score (nSPS) is 17.5. The van der Waals surface area contributed by atoms with Crippen LogP contribution >= 0.6 is 11.6 Å². The summed E-state index contributed by atoms with van der Waals surface area (Å²) < 4.78 is 5.47. The van der Waals surface area contributed by atoms with Crippen molar-refractivity contribution in [1.82, 2.24) is 15.0 Å². The largest absolute Gasteiger partial charge is 0.381 e. The highest BCUT2D eigenvalue weighted by atomic mass is 35.5. The lowest BCUT2D eigenvalue weighted by Gasteiger charge is -2.11. The molecule has 1 fully saturated rings. The first-order chi connectivity index (χ1) is 11.7. The van der Waals surface area contributed by atoms with Crippen LogP contribution in [-0.2, 0) is 11.3 Å². The number of anilines is 1. The molecule has 0 amide bonds. The summed E-state index contributed by atoms with van der Waals surface area (Å²) in [5.41, 5.74) is 3.24. The SMILES string of the molecule is Cc1nc(NCc2cc3cc(Cl)ccc3[nH]2)cc([C@@H]2CCOC2)n1. The summed E-state index contributed by atoms with van der Waals surface area (Å²) in [7, 11) is 0. The number of rotatable bonds is 4. The van der Waals surface area contributed by atoms with Gasteiger partial charge in [0.05, 0.1) is 18.8 Å². The van der Waals surface area contributed by atoms with Crippen LogP contribution in [0, 0.1) is 6.92 Å². The molecule has 4 rings (SSSR count). The molecule has 3 heterocycles. The smallest absolute Gasteiger partial charge is 0.130 e. The Bertz CT molecular complexity index is 871. The van der Waals surface area contributed by atoms with E-state index in [-0.39, 0.29) is 0 Å². The quantitative estimate of drug-likeness (QED) is 0.751. The number of aromatic nitrogens is 3. The first-order valence-electron chi connectivity index (χ1n) is 8.12. The van der Waals surface area contributed by atoms with Gasteiger partial charge in [0.15, 0.2) is 0 Å². The van der Waals surface area contributed by atoms with E-state index in [1.54, 1.807) is 0 Å². The summed E-state index contributed by atoms with van der Waals surface area (Å²) in [4.78, 5) is 12.4. The molecule has 1 aliphatic rings. The fourth-order valence-electron chi connectivity index (χ4n) is 3.10. The first kappa shape index (κ1) is 15.4. The summed E-state index contributed by atoms with van der Waals surface area (Å²) >= 11 is 6.04. The molecule has 1 aromatic carbocycles. The van der Waals surface area contributed by atoms with Gasteiger partial charge in [0.25, 0.3) is 0 Å². The number of benzene rings is 1. The Kier molecular flexibility index (Phi) is 4.12. The predicted molar refractivity (Wildman–Crippen MR) is 95.6 cm³/mol. The molecule has 2 N–H and O–H groups in total. The van der Waals surface area contributed by atoms with Gasteiger partial charge in [0.2, 0.25) is 0 Å². The van der Waals surface area contributed by atoms with Gasteiger partial charge in [-0.3, -0.25) is 0 Å². The third-order valence-electron chi connectivity index (χ3n) is 4.30. The Hall–Kier alpha value is -2.11. The van der Waals surface area contributed by atoms with Crippen molar-refractivity contribution in [2.45, 2.75) is 25.8 Å².